The third-order valence-corrected chi connectivity index (χ3v) is 7.33. The van der Waals surface area contributed by atoms with Crippen LogP contribution >= 0.6 is 11.8 Å². The van der Waals surface area contributed by atoms with Crippen molar-refractivity contribution in [1.82, 2.24) is 10.6 Å². The molecule has 37 heavy (non-hydrogen) atoms. The van der Waals surface area contributed by atoms with Gasteiger partial charge in [-0.1, -0.05) is 50.2 Å². The zero-order chi connectivity index (χ0) is 28.0. The van der Waals surface area contributed by atoms with Crippen LogP contribution in [-0.2, 0) is 19.4 Å². The van der Waals surface area contributed by atoms with Crippen molar-refractivity contribution in [2.75, 3.05) is 18.3 Å². The molecule has 0 heterocycles. The van der Waals surface area contributed by atoms with Crippen molar-refractivity contribution in [1.29, 1.82) is 0 Å². The summed E-state index contributed by atoms with van der Waals surface area (Å²) in [5.41, 5.74) is 6.82. The van der Waals surface area contributed by atoms with Gasteiger partial charge in [0.25, 0.3) is 0 Å². The van der Waals surface area contributed by atoms with E-state index in [1.54, 1.807) is 32.2 Å². The quantitative estimate of drug-likeness (QED) is 0.384. The van der Waals surface area contributed by atoms with Crippen LogP contribution in [0.1, 0.15) is 31.9 Å². The van der Waals surface area contributed by atoms with Gasteiger partial charge in [-0.3, -0.25) is 20.2 Å². The predicted molar refractivity (Wildman–Crippen MR) is 140 cm³/mol. The fourth-order valence-electron chi connectivity index (χ4n) is 3.62. The van der Waals surface area contributed by atoms with E-state index in [1.807, 2.05) is 0 Å². The summed E-state index contributed by atoms with van der Waals surface area (Å²) in [5.74, 6) is -1.49. The summed E-state index contributed by atoms with van der Waals surface area (Å²) in [6.45, 7) is 3.52. The minimum atomic E-state index is -4.73. The zero-order valence-electron chi connectivity index (χ0n) is 21.0. The fraction of sp³-hybridized carbons (Fsp3) is 0.440. The number of thioether (sulfide) groups is 1. The maximum atomic E-state index is 14.1. The van der Waals surface area contributed by atoms with Gasteiger partial charge >= 0.3 is 6.18 Å². The minimum Gasteiger partial charge on any atom is -0.319 e. The number of hydrogen-bond acceptors (Lipinski definition) is 7. The van der Waals surface area contributed by atoms with E-state index < -0.39 is 46.0 Å². The van der Waals surface area contributed by atoms with Crippen molar-refractivity contribution in [2.45, 2.75) is 49.5 Å². The second kappa shape index (κ2) is 12.9. The van der Waals surface area contributed by atoms with Crippen LogP contribution in [0.15, 0.2) is 53.4 Å². The monoisotopic (exact) mass is 559 g/mol. The molecule has 0 aliphatic rings. The third kappa shape index (κ3) is 9.13. The van der Waals surface area contributed by atoms with Gasteiger partial charge in [-0.05, 0) is 47.4 Å². The first-order chi connectivity index (χ1) is 17.1. The second-order valence-corrected chi connectivity index (χ2v) is 12.1. The molecule has 2 amide bonds. The van der Waals surface area contributed by atoms with Gasteiger partial charge in [0.2, 0.25) is 11.8 Å². The SMILES string of the molecule is CSC[C@H](N)C(=O)NC(=O)[C@H](CC(C)C)N[C@@H](c1ccc(-c2ccc(S(C)(=O)=O)cc2)cc1)C(F)(F)F. The number of carbonyl (C=O) groups excluding carboxylic acids is 2. The number of sulfone groups is 1. The molecule has 0 aromatic heterocycles. The molecule has 3 atom stereocenters. The number of imide groups is 1. The van der Waals surface area contributed by atoms with E-state index in [9.17, 15) is 31.2 Å². The van der Waals surface area contributed by atoms with Crippen LogP contribution in [0, 0.1) is 5.92 Å². The molecule has 4 N–H and O–H groups in total. The van der Waals surface area contributed by atoms with E-state index in [2.05, 4.69) is 10.6 Å². The number of nitrogens with two attached hydrogens (primary N) is 1. The fourth-order valence-corrected chi connectivity index (χ4v) is 4.76. The average molecular weight is 560 g/mol. The Hall–Kier alpha value is -2.41. The maximum absolute atomic E-state index is 14.1. The van der Waals surface area contributed by atoms with Crippen molar-refractivity contribution in [3.63, 3.8) is 0 Å². The number of hydrogen-bond donors (Lipinski definition) is 3. The smallest absolute Gasteiger partial charge is 0.319 e. The molecule has 2 rings (SSSR count). The van der Waals surface area contributed by atoms with Gasteiger partial charge in [0.15, 0.2) is 9.84 Å². The van der Waals surface area contributed by atoms with Crippen molar-refractivity contribution >= 4 is 33.4 Å². The molecule has 7 nitrogen and oxygen atoms in total. The average Bonchev–Trinajstić information content (AvgIpc) is 2.80. The lowest BCUT2D eigenvalue weighted by Gasteiger charge is -2.28. The van der Waals surface area contributed by atoms with E-state index in [-0.39, 0.29) is 28.6 Å². The summed E-state index contributed by atoms with van der Waals surface area (Å²) < 4.78 is 65.6. The van der Waals surface area contributed by atoms with E-state index in [1.165, 1.54) is 48.2 Å². The summed E-state index contributed by atoms with van der Waals surface area (Å²) in [4.78, 5) is 25.1. The predicted octanol–water partition coefficient (Wildman–Crippen LogP) is 3.70. The number of carbonyl (C=O) groups is 2. The number of nitrogens with one attached hydrogen (secondary N) is 2. The Kier molecular flexibility index (Phi) is 10.7. The highest BCUT2D eigenvalue weighted by atomic mass is 32.2. The lowest BCUT2D eigenvalue weighted by Crippen LogP contribution is -2.53. The minimum absolute atomic E-state index is 0.0637. The Labute approximate surface area is 219 Å². The molecule has 0 saturated heterocycles. The number of rotatable bonds is 11. The highest BCUT2D eigenvalue weighted by molar-refractivity contribution is 7.98. The molecule has 2 aromatic rings. The molecular formula is C25H32F3N3O4S2. The van der Waals surface area contributed by atoms with E-state index in [0.29, 0.717) is 11.1 Å². The Morgan fingerprint density at radius 1 is 0.973 bits per heavy atom. The summed E-state index contributed by atoms with van der Waals surface area (Å²) >= 11 is 1.31. The molecule has 0 aliphatic carbocycles. The molecule has 2 aromatic carbocycles. The zero-order valence-corrected chi connectivity index (χ0v) is 22.6. The maximum Gasteiger partial charge on any atom is 0.407 e. The van der Waals surface area contributed by atoms with Crippen molar-refractivity contribution in [3.8, 4) is 11.1 Å². The molecule has 0 unspecified atom stereocenters. The molecule has 0 radical (unpaired) electrons. The molecule has 0 saturated carbocycles. The number of alkyl halides is 3. The highest BCUT2D eigenvalue weighted by Gasteiger charge is 2.43. The molecule has 0 spiro atoms. The molecular weight excluding hydrogens is 527 g/mol. The molecule has 204 valence electrons. The summed E-state index contributed by atoms with van der Waals surface area (Å²) in [6, 6.07) is 7.18. The van der Waals surface area contributed by atoms with Crippen LogP contribution in [0.3, 0.4) is 0 Å². The third-order valence-electron chi connectivity index (χ3n) is 5.51. The normalized spacial score (nSPS) is 14.7. The first-order valence-electron chi connectivity index (χ1n) is 11.5. The Balaban J connectivity index is 2.29. The molecule has 0 fully saturated rings. The van der Waals surface area contributed by atoms with Gasteiger partial charge < -0.3 is 5.73 Å². The van der Waals surface area contributed by atoms with Crippen molar-refractivity contribution in [2.24, 2.45) is 11.7 Å². The second-order valence-electron chi connectivity index (χ2n) is 9.16. The van der Waals surface area contributed by atoms with Gasteiger partial charge in [-0.25, -0.2) is 8.42 Å². The molecule has 0 bridgehead atoms. The van der Waals surface area contributed by atoms with Crippen LogP contribution in [0.2, 0.25) is 0 Å². The van der Waals surface area contributed by atoms with Crippen LogP contribution in [0.4, 0.5) is 13.2 Å². The van der Waals surface area contributed by atoms with Crippen LogP contribution in [-0.4, -0.2) is 56.8 Å². The number of amides is 2. The highest BCUT2D eigenvalue weighted by Crippen LogP contribution is 2.34. The van der Waals surface area contributed by atoms with Crippen molar-refractivity contribution < 1.29 is 31.2 Å². The lowest BCUT2D eigenvalue weighted by atomic mass is 9.97. The number of benzene rings is 2. The van der Waals surface area contributed by atoms with Crippen LogP contribution in [0.25, 0.3) is 11.1 Å². The van der Waals surface area contributed by atoms with Gasteiger partial charge in [0, 0.05) is 12.0 Å². The lowest BCUT2D eigenvalue weighted by molar-refractivity contribution is -0.161. The Morgan fingerprint density at radius 3 is 1.92 bits per heavy atom. The van der Waals surface area contributed by atoms with Gasteiger partial charge in [-0.2, -0.15) is 24.9 Å². The number of halogens is 3. The first-order valence-corrected chi connectivity index (χ1v) is 14.7. The van der Waals surface area contributed by atoms with E-state index >= 15 is 0 Å². The first kappa shape index (κ1) is 30.8. The van der Waals surface area contributed by atoms with E-state index in [4.69, 9.17) is 5.73 Å². The standard InChI is InChI=1S/C25H32F3N3O4S2/c1-15(2)13-21(24(33)31-23(32)20(29)14-36-3)30-22(25(26,27)28)18-7-5-16(6-8-18)17-9-11-19(12-10-17)37(4,34)35/h5-12,15,20-22,30H,13-14,29H2,1-4H3,(H,31,32,33)/t20-,21-,22-/m0/s1. The topological polar surface area (TPSA) is 118 Å². The summed E-state index contributed by atoms with van der Waals surface area (Å²) in [5, 5.41) is 4.53. The summed E-state index contributed by atoms with van der Waals surface area (Å²) in [6.07, 6.45) is -1.84. The Morgan fingerprint density at radius 2 is 1.49 bits per heavy atom. The molecule has 0 aliphatic heterocycles. The molecule has 12 heteroatoms. The Bertz CT molecular complexity index is 1170. The summed E-state index contributed by atoms with van der Waals surface area (Å²) in [7, 11) is -3.37. The van der Waals surface area contributed by atoms with Crippen LogP contribution < -0.4 is 16.4 Å². The van der Waals surface area contributed by atoms with Crippen LogP contribution in [0.5, 0.6) is 0 Å². The van der Waals surface area contributed by atoms with E-state index in [0.717, 1.165) is 6.26 Å². The van der Waals surface area contributed by atoms with Crippen molar-refractivity contribution in [3.05, 3.63) is 54.1 Å². The largest absolute Gasteiger partial charge is 0.407 e. The van der Waals surface area contributed by atoms with Gasteiger partial charge in [0.05, 0.1) is 17.0 Å². The van der Waals surface area contributed by atoms with Gasteiger partial charge in [-0.15, -0.1) is 0 Å². The van der Waals surface area contributed by atoms with Gasteiger partial charge in [0.1, 0.15) is 6.04 Å².